The van der Waals surface area contributed by atoms with Crippen molar-refractivity contribution in [3.63, 3.8) is 0 Å². The van der Waals surface area contributed by atoms with Crippen LogP contribution in [0.4, 0.5) is 11.4 Å². The summed E-state index contributed by atoms with van der Waals surface area (Å²) in [5.41, 5.74) is 2.68. The van der Waals surface area contributed by atoms with E-state index < -0.39 is 0 Å². The average Bonchev–Trinajstić information content (AvgIpc) is 2.86. The molecule has 1 aliphatic rings. The van der Waals surface area contributed by atoms with E-state index in [1.165, 1.54) is 0 Å². The summed E-state index contributed by atoms with van der Waals surface area (Å²) >= 11 is 11.6. The molecular formula is C18H18ClN3OS. The summed E-state index contributed by atoms with van der Waals surface area (Å²) in [5, 5.41) is 7.85. The molecule has 0 radical (unpaired) electrons. The molecule has 4 nitrogen and oxygen atoms in total. The van der Waals surface area contributed by atoms with Crippen LogP contribution in [-0.2, 0) is 4.79 Å². The third-order valence-corrected chi connectivity index (χ3v) is 4.53. The molecule has 2 aromatic carbocycles. The molecule has 0 bridgehead atoms. The number of anilines is 2. The van der Waals surface area contributed by atoms with E-state index in [2.05, 4.69) is 5.32 Å². The predicted octanol–water partition coefficient (Wildman–Crippen LogP) is 4.25. The highest BCUT2D eigenvalue weighted by Crippen LogP contribution is 2.27. The van der Waals surface area contributed by atoms with Gasteiger partial charge in [-0.05, 0) is 55.0 Å². The summed E-state index contributed by atoms with van der Waals surface area (Å²) in [6.07, 6.45) is 0. The van der Waals surface area contributed by atoms with E-state index in [9.17, 15) is 4.79 Å². The molecule has 0 aromatic heterocycles. The number of carbonyl (C=O) groups is 1. The van der Waals surface area contributed by atoms with Crippen molar-refractivity contribution in [2.75, 3.05) is 16.9 Å². The van der Waals surface area contributed by atoms with Crippen LogP contribution in [0.3, 0.4) is 0 Å². The Hall–Kier alpha value is -2.11. The minimum Gasteiger partial charge on any atom is -0.331 e. The number of hydrogen-bond donors (Lipinski definition) is 1. The van der Waals surface area contributed by atoms with E-state index in [4.69, 9.17) is 23.8 Å². The number of halogens is 1. The number of para-hydroxylation sites is 1. The van der Waals surface area contributed by atoms with Crippen molar-refractivity contribution in [2.24, 2.45) is 5.92 Å². The molecule has 0 saturated carbocycles. The van der Waals surface area contributed by atoms with Gasteiger partial charge < -0.3 is 5.32 Å². The summed E-state index contributed by atoms with van der Waals surface area (Å²) in [4.78, 5) is 12.6. The summed E-state index contributed by atoms with van der Waals surface area (Å²) in [6.45, 7) is 4.42. The zero-order valence-corrected chi connectivity index (χ0v) is 15.1. The molecule has 3 rings (SSSR count). The topological polar surface area (TPSA) is 35.6 Å². The molecule has 0 aliphatic carbocycles. The number of amides is 1. The molecule has 0 spiro atoms. The highest BCUT2D eigenvalue weighted by Gasteiger charge is 2.37. The van der Waals surface area contributed by atoms with Crippen LogP contribution in [0.1, 0.15) is 12.5 Å². The third kappa shape index (κ3) is 3.23. The highest BCUT2D eigenvalue weighted by molar-refractivity contribution is 7.80. The zero-order valence-electron chi connectivity index (χ0n) is 13.5. The Labute approximate surface area is 152 Å². The number of nitrogens with zero attached hydrogens (tertiary/aromatic N) is 2. The van der Waals surface area contributed by atoms with Crippen molar-refractivity contribution < 1.29 is 4.79 Å². The molecule has 2 aromatic rings. The second-order valence-electron chi connectivity index (χ2n) is 5.86. The van der Waals surface area contributed by atoms with Gasteiger partial charge in [-0.15, -0.1) is 0 Å². The molecule has 24 heavy (non-hydrogen) atoms. The number of rotatable bonds is 2. The number of nitrogens with one attached hydrogen (secondary N) is 1. The minimum atomic E-state index is -0.115. The summed E-state index contributed by atoms with van der Waals surface area (Å²) in [5.74, 6) is -0.0746. The molecular weight excluding hydrogens is 342 g/mol. The van der Waals surface area contributed by atoms with Gasteiger partial charge in [-0.3, -0.25) is 9.80 Å². The second-order valence-corrected chi connectivity index (χ2v) is 6.68. The van der Waals surface area contributed by atoms with E-state index in [0.717, 1.165) is 16.9 Å². The second kappa shape index (κ2) is 6.79. The first-order valence-corrected chi connectivity index (χ1v) is 8.49. The Morgan fingerprint density at radius 1 is 1.25 bits per heavy atom. The Kier molecular flexibility index (Phi) is 4.73. The summed E-state index contributed by atoms with van der Waals surface area (Å²) < 4.78 is 0. The maximum absolute atomic E-state index is 12.6. The number of carbonyl (C=O) groups excluding carboxylic acids is 1. The van der Waals surface area contributed by atoms with Crippen LogP contribution in [-0.4, -0.2) is 22.6 Å². The van der Waals surface area contributed by atoms with Crippen LogP contribution < -0.4 is 10.3 Å². The van der Waals surface area contributed by atoms with E-state index in [0.29, 0.717) is 16.7 Å². The van der Waals surface area contributed by atoms with Crippen molar-refractivity contribution in [3.05, 3.63) is 59.1 Å². The summed E-state index contributed by atoms with van der Waals surface area (Å²) in [6, 6.07) is 15.1. The van der Waals surface area contributed by atoms with E-state index in [1.54, 1.807) is 5.01 Å². The van der Waals surface area contributed by atoms with Crippen LogP contribution in [0.2, 0.25) is 5.02 Å². The van der Waals surface area contributed by atoms with E-state index >= 15 is 0 Å². The van der Waals surface area contributed by atoms with Crippen LogP contribution >= 0.6 is 23.8 Å². The first kappa shape index (κ1) is 16.7. The van der Waals surface area contributed by atoms with Crippen LogP contribution in [0.5, 0.6) is 0 Å². The Morgan fingerprint density at radius 2 is 1.96 bits per heavy atom. The lowest BCUT2D eigenvalue weighted by Crippen LogP contribution is -2.45. The van der Waals surface area contributed by atoms with E-state index in [1.807, 2.05) is 67.4 Å². The largest absolute Gasteiger partial charge is 0.331 e. The van der Waals surface area contributed by atoms with Crippen LogP contribution in [0.15, 0.2) is 48.5 Å². The van der Waals surface area contributed by atoms with Crippen molar-refractivity contribution in [3.8, 4) is 0 Å². The minimum absolute atomic E-state index is 0.0400. The lowest BCUT2D eigenvalue weighted by molar-refractivity contribution is -0.120. The molecule has 124 valence electrons. The fourth-order valence-electron chi connectivity index (χ4n) is 2.70. The Morgan fingerprint density at radius 3 is 2.62 bits per heavy atom. The van der Waals surface area contributed by atoms with Gasteiger partial charge in [-0.25, -0.2) is 5.01 Å². The van der Waals surface area contributed by atoms with E-state index in [-0.39, 0.29) is 11.8 Å². The monoisotopic (exact) mass is 359 g/mol. The maximum Gasteiger partial charge on any atom is 0.250 e. The number of aryl methyl sites for hydroxylation is 1. The fourth-order valence-corrected chi connectivity index (χ4v) is 3.20. The zero-order chi connectivity index (χ0) is 17.3. The Balaban J connectivity index is 1.86. The normalized spacial score (nSPS) is 17.3. The average molecular weight is 360 g/mol. The fraction of sp³-hybridized carbons (Fsp3) is 0.222. The number of hydrogen-bond acceptors (Lipinski definition) is 2. The molecule has 1 N–H and O–H groups in total. The lowest BCUT2D eigenvalue weighted by atomic mass is 10.2. The third-order valence-electron chi connectivity index (χ3n) is 3.98. The SMILES string of the molecule is Cc1cc(Cl)ccc1NC(=S)N1CC(C)C(=O)N1c1ccccc1. The molecule has 1 atom stereocenters. The first-order chi connectivity index (χ1) is 11.5. The van der Waals surface area contributed by atoms with Gasteiger partial charge >= 0.3 is 0 Å². The molecule has 1 heterocycles. The van der Waals surface area contributed by atoms with Gasteiger partial charge in [0.05, 0.1) is 18.2 Å². The van der Waals surface area contributed by atoms with Crippen LogP contribution in [0.25, 0.3) is 0 Å². The summed E-state index contributed by atoms with van der Waals surface area (Å²) in [7, 11) is 0. The van der Waals surface area contributed by atoms with Crippen molar-refractivity contribution >= 4 is 46.2 Å². The van der Waals surface area contributed by atoms with Crippen molar-refractivity contribution in [2.45, 2.75) is 13.8 Å². The standard InChI is InChI=1S/C18H18ClN3OS/c1-12-10-14(19)8-9-16(12)20-18(24)21-11-13(2)17(23)22(21)15-6-4-3-5-7-15/h3-10,13H,11H2,1-2H3,(H,20,24). The van der Waals surface area contributed by atoms with Gasteiger partial charge in [-0.2, -0.15) is 0 Å². The number of hydrazine groups is 1. The molecule has 1 fully saturated rings. The highest BCUT2D eigenvalue weighted by atomic mass is 35.5. The number of thiocarbonyl (C=S) groups is 1. The van der Waals surface area contributed by atoms with Gasteiger partial charge in [0.25, 0.3) is 5.91 Å². The molecule has 1 aliphatic heterocycles. The molecule has 1 unspecified atom stereocenters. The van der Waals surface area contributed by atoms with Crippen LogP contribution in [0, 0.1) is 12.8 Å². The quantitative estimate of drug-likeness (QED) is 0.813. The first-order valence-electron chi connectivity index (χ1n) is 7.71. The maximum atomic E-state index is 12.6. The van der Waals surface area contributed by atoms with Gasteiger partial charge in [0.1, 0.15) is 0 Å². The van der Waals surface area contributed by atoms with Crippen molar-refractivity contribution in [1.82, 2.24) is 5.01 Å². The van der Waals surface area contributed by atoms with Gasteiger partial charge in [0, 0.05) is 10.7 Å². The molecule has 6 heteroatoms. The number of benzene rings is 2. The molecule has 1 saturated heterocycles. The smallest absolute Gasteiger partial charge is 0.250 e. The van der Waals surface area contributed by atoms with Gasteiger partial charge in [0.2, 0.25) is 0 Å². The van der Waals surface area contributed by atoms with Gasteiger partial charge in [0.15, 0.2) is 5.11 Å². The van der Waals surface area contributed by atoms with Gasteiger partial charge in [-0.1, -0.05) is 36.7 Å². The lowest BCUT2D eigenvalue weighted by Gasteiger charge is -2.30. The Bertz CT molecular complexity index is 781. The molecule has 1 amide bonds. The van der Waals surface area contributed by atoms with Crippen molar-refractivity contribution in [1.29, 1.82) is 0 Å². The predicted molar refractivity (Wildman–Crippen MR) is 102 cm³/mol.